The number of fused-ring (bicyclic) bond motifs is 1. The van der Waals surface area contributed by atoms with E-state index in [0.717, 1.165) is 11.4 Å². The van der Waals surface area contributed by atoms with Gasteiger partial charge in [0.2, 0.25) is 0 Å². The van der Waals surface area contributed by atoms with E-state index in [4.69, 9.17) is 0 Å². The molecule has 17 heavy (non-hydrogen) atoms. The Morgan fingerprint density at radius 1 is 1.41 bits per heavy atom. The predicted octanol–water partition coefficient (Wildman–Crippen LogP) is 1.76. The molecular formula is C12H17N3OS. The molecule has 2 heterocycles. The summed E-state index contributed by atoms with van der Waals surface area (Å²) in [4.78, 5) is 12.2. The third-order valence-electron chi connectivity index (χ3n) is 2.75. The predicted molar refractivity (Wildman–Crippen MR) is 71.8 cm³/mol. The van der Waals surface area contributed by atoms with E-state index < -0.39 is 0 Å². The largest absolute Gasteiger partial charge is 0.312 e. The topological polar surface area (TPSA) is 39.3 Å². The Kier molecular flexibility index (Phi) is 3.03. The summed E-state index contributed by atoms with van der Waals surface area (Å²) in [6.45, 7) is 6.74. The second kappa shape index (κ2) is 4.22. The maximum Gasteiger partial charge on any atom is 0.276 e. The van der Waals surface area contributed by atoms with Crippen molar-refractivity contribution in [3.05, 3.63) is 34.5 Å². The first-order valence-electron chi connectivity index (χ1n) is 5.59. The average molecular weight is 251 g/mol. The van der Waals surface area contributed by atoms with Crippen molar-refractivity contribution in [1.82, 2.24) is 14.2 Å². The fraction of sp³-hybridized carbons (Fsp3) is 0.500. The normalized spacial score (nSPS) is 12.2. The highest BCUT2D eigenvalue weighted by Crippen LogP contribution is 2.18. The summed E-state index contributed by atoms with van der Waals surface area (Å²) in [7, 11) is 0. The molecule has 0 aliphatic rings. The molecule has 0 aromatic carbocycles. The smallest absolute Gasteiger partial charge is 0.276 e. The van der Waals surface area contributed by atoms with E-state index in [1.165, 1.54) is 0 Å². The van der Waals surface area contributed by atoms with Crippen LogP contribution in [0.5, 0.6) is 0 Å². The fourth-order valence-corrected chi connectivity index (χ4v) is 1.88. The monoisotopic (exact) mass is 251 g/mol. The van der Waals surface area contributed by atoms with Crippen LogP contribution in [0.3, 0.4) is 0 Å². The molecule has 0 bridgehead atoms. The lowest BCUT2D eigenvalue weighted by Gasteiger charge is -2.22. The molecule has 4 nitrogen and oxygen atoms in total. The van der Waals surface area contributed by atoms with Crippen LogP contribution in [-0.4, -0.2) is 19.9 Å². The van der Waals surface area contributed by atoms with E-state index in [-0.39, 0.29) is 11.0 Å². The highest BCUT2D eigenvalue weighted by Gasteiger charge is 2.17. The first-order valence-corrected chi connectivity index (χ1v) is 6.22. The molecule has 0 aliphatic heterocycles. The van der Waals surface area contributed by atoms with Crippen LogP contribution in [0.2, 0.25) is 0 Å². The Labute approximate surface area is 106 Å². The Balaban J connectivity index is 2.49. The van der Waals surface area contributed by atoms with Crippen molar-refractivity contribution in [2.75, 3.05) is 5.75 Å². The summed E-state index contributed by atoms with van der Waals surface area (Å²) in [5, 5.41) is 4.22. The second-order valence-corrected chi connectivity index (χ2v) is 5.49. The van der Waals surface area contributed by atoms with Gasteiger partial charge in [0, 0.05) is 18.9 Å². The quantitative estimate of drug-likeness (QED) is 0.844. The Bertz CT molecular complexity index is 597. The van der Waals surface area contributed by atoms with Gasteiger partial charge >= 0.3 is 0 Å². The number of nitrogens with zero attached hydrogens (tertiary/aromatic N) is 3. The number of hydrogen-bond donors (Lipinski definition) is 1. The summed E-state index contributed by atoms with van der Waals surface area (Å²) in [6, 6.07) is 1.81. The van der Waals surface area contributed by atoms with Crippen LogP contribution in [0.15, 0.2) is 23.3 Å². The second-order valence-electron chi connectivity index (χ2n) is 5.17. The van der Waals surface area contributed by atoms with Gasteiger partial charge in [0.15, 0.2) is 0 Å². The van der Waals surface area contributed by atoms with Gasteiger partial charge in [-0.25, -0.2) is 4.52 Å². The van der Waals surface area contributed by atoms with Crippen molar-refractivity contribution >= 4 is 18.1 Å². The van der Waals surface area contributed by atoms with Crippen molar-refractivity contribution in [3.63, 3.8) is 0 Å². The van der Waals surface area contributed by atoms with Crippen LogP contribution in [0, 0.1) is 12.3 Å². The molecule has 0 N–H and O–H groups in total. The van der Waals surface area contributed by atoms with E-state index in [0.29, 0.717) is 12.1 Å². The Hall–Kier alpha value is -1.23. The summed E-state index contributed by atoms with van der Waals surface area (Å²) in [5.41, 5.74) is 1.48. The minimum absolute atomic E-state index is 0.000344. The van der Waals surface area contributed by atoms with E-state index >= 15 is 0 Å². The molecule has 5 heteroatoms. The van der Waals surface area contributed by atoms with Gasteiger partial charge in [0.25, 0.3) is 5.56 Å². The van der Waals surface area contributed by atoms with Gasteiger partial charge in [-0.05, 0) is 24.2 Å². The number of hydrogen-bond acceptors (Lipinski definition) is 3. The molecule has 2 aromatic rings. The zero-order chi connectivity index (χ0) is 12.6. The van der Waals surface area contributed by atoms with Gasteiger partial charge in [0.1, 0.15) is 5.52 Å². The highest BCUT2D eigenvalue weighted by molar-refractivity contribution is 7.80. The molecule has 0 amide bonds. The number of rotatable bonds is 3. The minimum Gasteiger partial charge on any atom is -0.312 e. The lowest BCUT2D eigenvalue weighted by Crippen LogP contribution is -2.30. The van der Waals surface area contributed by atoms with E-state index in [9.17, 15) is 4.79 Å². The van der Waals surface area contributed by atoms with E-state index in [1.807, 2.05) is 19.2 Å². The minimum atomic E-state index is 0.000344. The van der Waals surface area contributed by atoms with Crippen molar-refractivity contribution in [3.8, 4) is 0 Å². The third-order valence-corrected chi connectivity index (χ3v) is 3.61. The SMILES string of the molecule is Cc1cc2c(=O)n(CC(C)(C)CS)ccn2n1. The molecule has 2 rings (SSSR count). The van der Waals surface area contributed by atoms with Gasteiger partial charge in [0.05, 0.1) is 5.69 Å². The molecule has 0 fully saturated rings. The first-order chi connectivity index (χ1) is 7.93. The lowest BCUT2D eigenvalue weighted by atomic mass is 9.96. The van der Waals surface area contributed by atoms with E-state index in [2.05, 4.69) is 31.6 Å². The molecule has 0 spiro atoms. The summed E-state index contributed by atoms with van der Waals surface area (Å²) >= 11 is 4.31. The van der Waals surface area contributed by atoms with Crippen LogP contribution in [0.1, 0.15) is 19.5 Å². The summed E-state index contributed by atoms with van der Waals surface area (Å²) < 4.78 is 3.36. The first kappa shape index (κ1) is 12.2. The Morgan fingerprint density at radius 3 is 2.76 bits per heavy atom. The van der Waals surface area contributed by atoms with Crippen LogP contribution in [-0.2, 0) is 6.54 Å². The summed E-state index contributed by atoms with van der Waals surface area (Å²) in [5.74, 6) is 0.739. The molecule has 92 valence electrons. The molecule has 2 aromatic heterocycles. The highest BCUT2D eigenvalue weighted by atomic mass is 32.1. The molecule has 0 atom stereocenters. The Morgan fingerprint density at radius 2 is 2.12 bits per heavy atom. The lowest BCUT2D eigenvalue weighted by molar-refractivity contribution is 0.347. The summed E-state index contributed by atoms with van der Waals surface area (Å²) in [6.07, 6.45) is 3.60. The van der Waals surface area contributed by atoms with E-state index in [1.54, 1.807) is 15.3 Å². The third kappa shape index (κ3) is 2.39. The standard InChI is InChI=1S/C12H17N3OS/c1-9-6-10-11(16)14(4-5-15(10)13-9)7-12(2,3)8-17/h4-6,17H,7-8H2,1-3H3. The molecular weight excluding hydrogens is 234 g/mol. The average Bonchev–Trinajstić information content (AvgIpc) is 2.64. The molecule has 0 saturated carbocycles. The van der Waals surface area contributed by atoms with Crippen molar-refractivity contribution in [2.45, 2.75) is 27.3 Å². The maximum absolute atomic E-state index is 12.2. The molecule has 0 radical (unpaired) electrons. The van der Waals surface area contributed by atoms with Gasteiger partial charge in [-0.3, -0.25) is 4.79 Å². The zero-order valence-electron chi connectivity index (χ0n) is 10.3. The van der Waals surface area contributed by atoms with Gasteiger partial charge in [-0.2, -0.15) is 17.7 Å². The van der Waals surface area contributed by atoms with Crippen LogP contribution >= 0.6 is 12.6 Å². The van der Waals surface area contributed by atoms with Crippen LogP contribution in [0.25, 0.3) is 5.52 Å². The van der Waals surface area contributed by atoms with Crippen molar-refractivity contribution < 1.29 is 0 Å². The van der Waals surface area contributed by atoms with Crippen LogP contribution in [0.4, 0.5) is 0 Å². The maximum atomic E-state index is 12.2. The van der Waals surface area contributed by atoms with Gasteiger partial charge in [-0.15, -0.1) is 0 Å². The molecule has 0 aliphatic carbocycles. The zero-order valence-corrected chi connectivity index (χ0v) is 11.2. The van der Waals surface area contributed by atoms with Crippen LogP contribution < -0.4 is 5.56 Å². The molecule has 0 saturated heterocycles. The number of aromatic nitrogens is 3. The molecule has 0 unspecified atom stereocenters. The van der Waals surface area contributed by atoms with Crippen molar-refractivity contribution in [1.29, 1.82) is 0 Å². The number of aryl methyl sites for hydroxylation is 1. The van der Waals surface area contributed by atoms with Gasteiger partial charge in [-0.1, -0.05) is 13.8 Å². The number of thiol groups is 1. The fourth-order valence-electron chi connectivity index (χ4n) is 1.78. The van der Waals surface area contributed by atoms with Crippen molar-refractivity contribution in [2.24, 2.45) is 5.41 Å². The van der Waals surface area contributed by atoms with Gasteiger partial charge < -0.3 is 4.57 Å².